The molecule has 1 fully saturated rings. The molecule has 0 saturated carbocycles. The van der Waals surface area contributed by atoms with Crippen molar-refractivity contribution < 1.29 is 19.4 Å². The van der Waals surface area contributed by atoms with Crippen LogP contribution in [0, 0.1) is 0 Å². The van der Waals surface area contributed by atoms with E-state index in [0.717, 1.165) is 27.7 Å². The molecule has 3 amide bonds. The zero-order valence-corrected chi connectivity index (χ0v) is 20.9. The Morgan fingerprint density at radius 2 is 2.05 bits per heavy atom. The third-order valence-corrected chi connectivity index (χ3v) is 7.41. The van der Waals surface area contributed by atoms with Crippen LogP contribution in [0.15, 0.2) is 54.7 Å². The number of methoxy groups -OCH3 is 1. The maximum Gasteiger partial charge on any atom is 0.328 e. The SMILES string of the molecule is COc1ccc2[nH]c3c(c2c1)CC1(C)C(=O)N(CCNc2ccn(C)n2)C(=O)N1C3c1cccc(O)c1. The number of aromatic amines is 1. The molecule has 4 aromatic rings. The number of urea groups is 1. The van der Waals surface area contributed by atoms with E-state index in [1.165, 1.54) is 4.90 Å². The van der Waals surface area contributed by atoms with Gasteiger partial charge in [0.1, 0.15) is 28.9 Å². The number of imide groups is 1. The Balaban J connectivity index is 1.42. The first kappa shape index (κ1) is 23.0. The van der Waals surface area contributed by atoms with Gasteiger partial charge in [0.05, 0.1) is 7.11 Å². The number of aryl methyl sites for hydroxylation is 1. The van der Waals surface area contributed by atoms with Gasteiger partial charge in [-0.3, -0.25) is 19.3 Å². The Morgan fingerprint density at radius 1 is 1.22 bits per heavy atom. The normalized spacial score (nSPS) is 20.9. The van der Waals surface area contributed by atoms with Gasteiger partial charge in [0.2, 0.25) is 0 Å². The number of phenolic OH excluding ortho intramolecular Hbond substituents is 1. The van der Waals surface area contributed by atoms with Gasteiger partial charge < -0.3 is 20.1 Å². The average molecular weight is 501 g/mol. The largest absolute Gasteiger partial charge is 0.508 e. The molecule has 37 heavy (non-hydrogen) atoms. The van der Waals surface area contributed by atoms with Gasteiger partial charge in [0, 0.05) is 55.4 Å². The standard InChI is InChI=1S/C27H28N6O4/c1-27-15-20-19-14-18(37-3)7-8-21(19)29-23(20)24(16-5-4-6-17(34)13-16)33(27)26(36)32(25(27)35)12-10-28-22-9-11-31(2)30-22/h4-9,11,13-14,24,29,34H,10,12,15H2,1-3H3,(H,28,30). The van der Waals surface area contributed by atoms with E-state index in [1.54, 1.807) is 34.9 Å². The minimum Gasteiger partial charge on any atom is -0.508 e. The Hall–Kier alpha value is -4.47. The van der Waals surface area contributed by atoms with Crippen LogP contribution in [-0.4, -0.2) is 67.3 Å². The number of carbonyl (C=O) groups excluding carboxylic acids is 2. The van der Waals surface area contributed by atoms with Crippen LogP contribution in [-0.2, 0) is 18.3 Å². The molecule has 2 unspecified atom stereocenters. The number of anilines is 1. The van der Waals surface area contributed by atoms with Crippen molar-refractivity contribution in [2.24, 2.45) is 7.05 Å². The number of rotatable bonds is 6. The van der Waals surface area contributed by atoms with Crippen molar-refractivity contribution in [2.45, 2.75) is 24.9 Å². The molecular weight excluding hydrogens is 472 g/mol. The maximum atomic E-state index is 13.9. The van der Waals surface area contributed by atoms with Crippen LogP contribution in [0.25, 0.3) is 10.9 Å². The fourth-order valence-electron chi connectivity index (χ4n) is 5.66. The lowest BCUT2D eigenvalue weighted by molar-refractivity contribution is -0.133. The quantitative estimate of drug-likeness (QED) is 0.350. The van der Waals surface area contributed by atoms with Gasteiger partial charge in [0.25, 0.3) is 5.91 Å². The fraction of sp³-hybridized carbons (Fsp3) is 0.296. The zero-order chi connectivity index (χ0) is 25.9. The predicted molar refractivity (Wildman–Crippen MR) is 138 cm³/mol. The number of hydrogen-bond donors (Lipinski definition) is 3. The molecule has 0 radical (unpaired) electrons. The number of H-pyrrole nitrogens is 1. The van der Waals surface area contributed by atoms with Crippen molar-refractivity contribution in [1.29, 1.82) is 0 Å². The molecule has 2 aliphatic rings. The van der Waals surface area contributed by atoms with Gasteiger partial charge in [-0.2, -0.15) is 5.10 Å². The third kappa shape index (κ3) is 3.51. The molecule has 3 N–H and O–H groups in total. The van der Waals surface area contributed by atoms with E-state index in [4.69, 9.17) is 4.74 Å². The summed E-state index contributed by atoms with van der Waals surface area (Å²) >= 11 is 0. The number of aromatic hydroxyl groups is 1. The van der Waals surface area contributed by atoms with Gasteiger partial charge in [-0.05, 0) is 48.4 Å². The first-order valence-corrected chi connectivity index (χ1v) is 12.2. The summed E-state index contributed by atoms with van der Waals surface area (Å²) < 4.78 is 7.14. The molecule has 2 aliphatic heterocycles. The monoisotopic (exact) mass is 500 g/mol. The highest BCUT2D eigenvalue weighted by Crippen LogP contribution is 2.49. The summed E-state index contributed by atoms with van der Waals surface area (Å²) in [5, 5.41) is 18.7. The average Bonchev–Trinajstić information content (AvgIpc) is 3.51. The van der Waals surface area contributed by atoms with E-state index >= 15 is 0 Å². The number of nitrogens with zero attached hydrogens (tertiary/aromatic N) is 4. The number of nitrogens with one attached hydrogen (secondary N) is 2. The molecular formula is C27H28N6O4. The van der Waals surface area contributed by atoms with Crippen LogP contribution in [0.5, 0.6) is 11.5 Å². The smallest absolute Gasteiger partial charge is 0.328 e. The predicted octanol–water partition coefficient (Wildman–Crippen LogP) is 3.40. The van der Waals surface area contributed by atoms with E-state index in [1.807, 2.05) is 50.5 Å². The highest BCUT2D eigenvalue weighted by Gasteiger charge is 2.60. The second kappa shape index (κ2) is 8.29. The first-order chi connectivity index (χ1) is 17.8. The molecule has 2 aromatic carbocycles. The van der Waals surface area contributed by atoms with Gasteiger partial charge in [0.15, 0.2) is 0 Å². The number of fused-ring (bicyclic) bond motifs is 4. The van der Waals surface area contributed by atoms with E-state index < -0.39 is 11.6 Å². The van der Waals surface area contributed by atoms with Crippen molar-refractivity contribution in [2.75, 3.05) is 25.5 Å². The number of aromatic nitrogens is 3. The summed E-state index contributed by atoms with van der Waals surface area (Å²) in [4.78, 5) is 34.3. The van der Waals surface area contributed by atoms with Crippen LogP contribution in [0.3, 0.4) is 0 Å². The van der Waals surface area contributed by atoms with Crippen molar-refractivity contribution >= 4 is 28.7 Å². The Morgan fingerprint density at radius 3 is 2.78 bits per heavy atom. The summed E-state index contributed by atoms with van der Waals surface area (Å²) in [5.41, 5.74) is 2.33. The van der Waals surface area contributed by atoms with Crippen LogP contribution < -0.4 is 10.1 Å². The Kier molecular flexibility index (Phi) is 5.15. The molecule has 4 heterocycles. The first-order valence-electron chi connectivity index (χ1n) is 12.2. The minimum atomic E-state index is -1.09. The topological polar surface area (TPSA) is 116 Å². The van der Waals surface area contributed by atoms with E-state index in [0.29, 0.717) is 24.5 Å². The molecule has 190 valence electrons. The lowest BCUT2D eigenvalue weighted by Crippen LogP contribution is -2.53. The minimum absolute atomic E-state index is 0.0958. The number of ether oxygens (including phenoxy) is 1. The molecule has 2 atom stereocenters. The van der Waals surface area contributed by atoms with Crippen molar-refractivity contribution in [3.63, 3.8) is 0 Å². The lowest BCUT2D eigenvalue weighted by atomic mass is 9.81. The third-order valence-electron chi connectivity index (χ3n) is 7.41. The van der Waals surface area contributed by atoms with Crippen molar-refractivity contribution in [3.05, 3.63) is 71.5 Å². The van der Waals surface area contributed by atoms with E-state index in [9.17, 15) is 14.7 Å². The number of carbonyl (C=O) groups is 2. The van der Waals surface area contributed by atoms with Gasteiger partial charge in [-0.15, -0.1) is 0 Å². The molecule has 1 saturated heterocycles. The lowest BCUT2D eigenvalue weighted by Gasteiger charge is -2.42. The van der Waals surface area contributed by atoms with Gasteiger partial charge in [-0.1, -0.05) is 12.1 Å². The molecule has 10 heteroatoms. The number of phenols is 1. The summed E-state index contributed by atoms with van der Waals surface area (Å²) in [6.07, 6.45) is 2.18. The Bertz CT molecular complexity index is 1540. The summed E-state index contributed by atoms with van der Waals surface area (Å²) in [7, 11) is 3.45. The van der Waals surface area contributed by atoms with Gasteiger partial charge >= 0.3 is 6.03 Å². The summed E-state index contributed by atoms with van der Waals surface area (Å²) in [6, 6.07) is 13.5. The van der Waals surface area contributed by atoms with Crippen LogP contribution in [0.2, 0.25) is 0 Å². The van der Waals surface area contributed by atoms with Crippen molar-refractivity contribution in [1.82, 2.24) is 24.6 Å². The van der Waals surface area contributed by atoms with Crippen LogP contribution >= 0.6 is 0 Å². The molecule has 0 aliphatic carbocycles. The highest BCUT2D eigenvalue weighted by atomic mass is 16.5. The fourth-order valence-corrected chi connectivity index (χ4v) is 5.66. The highest BCUT2D eigenvalue weighted by molar-refractivity contribution is 6.08. The van der Waals surface area contributed by atoms with Crippen LogP contribution in [0.4, 0.5) is 10.6 Å². The van der Waals surface area contributed by atoms with Crippen molar-refractivity contribution in [3.8, 4) is 11.5 Å². The van der Waals surface area contributed by atoms with Crippen LogP contribution in [0.1, 0.15) is 29.8 Å². The number of hydrogen-bond acceptors (Lipinski definition) is 6. The zero-order valence-electron chi connectivity index (χ0n) is 20.9. The molecule has 6 rings (SSSR count). The second-order valence-electron chi connectivity index (χ2n) is 9.79. The molecule has 10 nitrogen and oxygen atoms in total. The maximum absolute atomic E-state index is 13.9. The van der Waals surface area contributed by atoms with E-state index in [-0.39, 0.29) is 24.2 Å². The number of benzene rings is 2. The number of amides is 3. The molecule has 2 aromatic heterocycles. The Labute approximate surface area is 213 Å². The second-order valence-corrected chi connectivity index (χ2v) is 9.79. The summed E-state index contributed by atoms with van der Waals surface area (Å²) in [5.74, 6) is 1.25. The van der Waals surface area contributed by atoms with E-state index in [2.05, 4.69) is 15.4 Å². The van der Waals surface area contributed by atoms with Gasteiger partial charge in [-0.25, -0.2) is 4.79 Å². The molecule has 0 spiro atoms. The molecule has 0 bridgehead atoms. The summed E-state index contributed by atoms with van der Waals surface area (Å²) in [6.45, 7) is 2.41.